The highest BCUT2D eigenvalue weighted by Crippen LogP contribution is 2.25. The Balaban J connectivity index is 2.03. The maximum atomic E-state index is 12.4. The van der Waals surface area contributed by atoms with Crippen molar-refractivity contribution in [3.63, 3.8) is 0 Å². The molecule has 1 unspecified atom stereocenters. The Morgan fingerprint density at radius 2 is 2.12 bits per heavy atom. The predicted octanol–water partition coefficient (Wildman–Crippen LogP) is 3.37. The number of nitrogens with zero attached hydrogens (tertiary/aromatic N) is 3. The van der Waals surface area contributed by atoms with E-state index in [0.29, 0.717) is 18.2 Å². The Hall–Kier alpha value is -2.11. The summed E-state index contributed by atoms with van der Waals surface area (Å²) in [6.07, 6.45) is 4.65. The van der Waals surface area contributed by atoms with E-state index in [-0.39, 0.29) is 5.91 Å². The van der Waals surface area contributed by atoms with Crippen molar-refractivity contribution >= 4 is 5.91 Å². The van der Waals surface area contributed by atoms with Crippen LogP contribution in [0.15, 0.2) is 6.07 Å². The van der Waals surface area contributed by atoms with Crippen LogP contribution in [0.2, 0.25) is 0 Å². The second kappa shape index (κ2) is 8.13. The van der Waals surface area contributed by atoms with Gasteiger partial charge in [0, 0.05) is 24.8 Å². The third-order valence-electron chi connectivity index (χ3n) is 4.68. The van der Waals surface area contributed by atoms with E-state index in [1.54, 1.807) is 6.07 Å². The second-order valence-corrected chi connectivity index (χ2v) is 6.46. The van der Waals surface area contributed by atoms with Crippen LogP contribution in [0.4, 0.5) is 0 Å². The average Bonchev–Trinajstić information content (AvgIpc) is 3.13. The first kappa shape index (κ1) is 18.2. The van der Waals surface area contributed by atoms with E-state index in [9.17, 15) is 4.79 Å². The number of amides is 1. The Labute approximate surface area is 144 Å². The third-order valence-corrected chi connectivity index (χ3v) is 4.68. The molecular weight excluding hydrogens is 302 g/mol. The molecule has 24 heavy (non-hydrogen) atoms. The van der Waals surface area contributed by atoms with Gasteiger partial charge in [0.05, 0.1) is 11.4 Å². The molecule has 0 saturated heterocycles. The van der Waals surface area contributed by atoms with Crippen molar-refractivity contribution in [2.75, 3.05) is 6.54 Å². The Kier molecular flexibility index (Phi) is 6.17. The van der Waals surface area contributed by atoms with Crippen molar-refractivity contribution in [2.45, 2.75) is 53.4 Å². The summed E-state index contributed by atoms with van der Waals surface area (Å²) in [4.78, 5) is 12.4. The first-order valence-corrected chi connectivity index (χ1v) is 8.82. The van der Waals surface area contributed by atoms with Crippen LogP contribution in [-0.4, -0.2) is 32.4 Å². The summed E-state index contributed by atoms with van der Waals surface area (Å²) in [5, 5.41) is 14.6. The topological polar surface area (TPSA) is 75.6 Å². The summed E-state index contributed by atoms with van der Waals surface area (Å²) >= 11 is 0. The molecule has 0 spiro atoms. The Morgan fingerprint density at radius 3 is 2.71 bits per heavy atom. The molecule has 0 bridgehead atoms. The van der Waals surface area contributed by atoms with Gasteiger partial charge in [-0.15, -0.1) is 0 Å². The van der Waals surface area contributed by atoms with Gasteiger partial charge in [-0.2, -0.15) is 10.2 Å². The van der Waals surface area contributed by atoms with Crippen LogP contribution in [0.1, 0.15) is 61.4 Å². The first-order valence-electron chi connectivity index (χ1n) is 8.82. The lowest BCUT2D eigenvalue weighted by Crippen LogP contribution is -2.29. The summed E-state index contributed by atoms with van der Waals surface area (Å²) in [6.45, 7) is 9.04. The highest BCUT2D eigenvalue weighted by atomic mass is 16.1. The molecule has 6 heteroatoms. The molecule has 6 nitrogen and oxygen atoms in total. The zero-order valence-corrected chi connectivity index (χ0v) is 15.4. The van der Waals surface area contributed by atoms with Gasteiger partial charge in [-0.3, -0.25) is 14.6 Å². The molecule has 0 saturated carbocycles. The molecular formula is C18H29N5O. The van der Waals surface area contributed by atoms with Crippen molar-refractivity contribution < 1.29 is 4.79 Å². The molecule has 0 fully saturated rings. The smallest absolute Gasteiger partial charge is 0.269 e. The monoisotopic (exact) mass is 331 g/mol. The lowest BCUT2D eigenvalue weighted by atomic mass is 9.99. The van der Waals surface area contributed by atoms with Crippen LogP contribution in [0.3, 0.4) is 0 Å². The van der Waals surface area contributed by atoms with E-state index in [1.165, 1.54) is 12.8 Å². The number of aromatic nitrogens is 4. The van der Waals surface area contributed by atoms with E-state index in [0.717, 1.165) is 35.5 Å². The van der Waals surface area contributed by atoms with Gasteiger partial charge < -0.3 is 5.32 Å². The number of nitrogens with one attached hydrogen (secondary N) is 2. The van der Waals surface area contributed by atoms with Gasteiger partial charge in [-0.25, -0.2) is 0 Å². The predicted molar refractivity (Wildman–Crippen MR) is 95.9 cm³/mol. The van der Waals surface area contributed by atoms with Crippen LogP contribution in [0.25, 0.3) is 11.3 Å². The summed E-state index contributed by atoms with van der Waals surface area (Å²) in [5.41, 5.74) is 4.21. The minimum atomic E-state index is -0.0945. The molecule has 0 aliphatic carbocycles. The zero-order valence-electron chi connectivity index (χ0n) is 15.4. The summed E-state index contributed by atoms with van der Waals surface area (Å²) in [6, 6.07) is 1.80. The van der Waals surface area contributed by atoms with E-state index in [2.05, 4.69) is 34.5 Å². The summed E-state index contributed by atoms with van der Waals surface area (Å²) < 4.78 is 1.83. The number of carbonyl (C=O) groups excluding carboxylic acids is 1. The van der Waals surface area contributed by atoms with Crippen LogP contribution < -0.4 is 5.32 Å². The Morgan fingerprint density at radius 1 is 1.38 bits per heavy atom. The lowest BCUT2D eigenvalue weighted by Gasteiger charge is -2.14. The number of aromatic amines is 1. The average molecular weight is 331 g/mol. The van der Waals surface area contributed by atoms with Gasteiger partial charge in [0.15, 0.2) is 0 Å². The maximum Gasteiger partial charge on any atom is 0.269 e. The standard InChI is InChI=1S/C18H29N5O/c1-6-8-9-14(7-2)11-19-18(24)16-10-15(20-21-16)17-12(3)22-23(5)13(17)4/h10,14H,6-9,11H2,1-5H3,(H,19,24)(H,20,21). The molecule has 2 rings (SSSR count). The fourth-order valence-electron chi connectivity index (χ4n) is 2.99. The number of hydrogen-bond donors (Lipinski definition) is 2. The normalized spacial score (nSPS) is 12.4. The zero-order chi connectivity index (χ0) is 17.7. The Bertz CT molecular complexity index is 686. The van der Waals surface area contributed by atoms with Crippen LogP contribution >= 0.6 is 0 Å². The minimum absolute atomic E-state index is 0.0945. The molecule has 132 valence electrons. The number of carbonyl (C=O) groups is 1. The molecule has 2 aromatic heterocycles. The van der Waals surface area contributed by atoms with Gasteiger partial charge in [-0.05, 0) is 32.3 Å². The number of H-pyrrole nitrogens is 1. The van der Waals surface area contributed by atoms with E-state index in [1.807, 2.05) is 25.6 Å². The molecule has 0 radical (unpaired) electrons. The minimum Gasteiger partial charge on any atom is -0.350 e. The van der Waals surface area contributed by atoms with Gasteiger partial charge >= 0.3 is 0 Å². The van der Waals surface area contributed by atoms with Gasteiger partial charge in [-0.1, -0.05) is 33.1 Å². The van der Waals surface area contributed by atoms with Gasteiger partial charge in [0.2, 0.25) is 0 Å². The molecule has 2 aromatic rings. The number of unbranched alkanes of at least 4 members (excludes halogenated alkanes) is 1. The van der Waals surface area contributed by atoms with Crippen LogP contribution in [0.5, 0.6) is 0 Å². The first-order chi connectivity index (χ1) is 11.5. The van der Waals surface area contributed by atoms with Crippen molar-refractivity contribution in [3.05, 3.63) is 23.1 Å². The SMILES string of the molecule is CCCCC(CC)CNC(=O)c1cc(-c2c(C)nn(C)c2C)n[nH]1. The fourth-order valence-corrected chi connectivity index (χ4v) is 2.99. The van der Waals surface area contributed by atoms with E-state index in [4.69, 9.17) is 0 Å². The highest BCUT2D eigenvalue weighted by molar-refractivity contribution is 5.93. The highest BCUT2D eigenvalue weighted by Gasteiger charge is 2.17. The van der Waals surface area contributed by atoms with E-state index < -0.39 is 0 Å². The van der Waals surface area contributed by atoms with Gasteiger partial charge in [0.1, 0.15) is 5.69 Å². The molecule has 1 atom stereocenters. The number of hydrogen-bond acceptors (Lipinski definition) is 3. The molecule has 0 aliphatic heterocycles. The van der Waals surface area contributed by atoms with Crippen molar-refractivity contribution in [2.24, 2.45) is 13.0 Å². The lowest BCUT2D eigenvalue weighted by molar-refractivity contribution is 0.0941. The molecule has 2 N–H and O–H groups in total. The number of rotatable bonds is 8. The fraction of sp³-hybridized carbons (Fsp3) is 0.611. The van der Waals surface area contributed by atoms with E-state index >= 15 is 0 Å². The van der Waals surface area contributed by atoms with Crippen molar-refractivity contribution in [3.8, 4) is 11.3 Å². The van der Waals surface area contributed by atoms with Crippen molar-refractivity contribution in [1.29, 1.82) is 0 Å². The van der Waals surface area contributed by atoms with Crippen LogP contribution in [0, 0.1) is 19.8 Å². The summed E-state index contributed by atoms with van der Waals surface area (Å²) in [5.74, 6) is 0.446. The molecule has 0 aromatic carbocycles. The van der Waals surface area contributed by atoms with Crippen molar-refractivity contribution in [1.82, 2.24) is 25.3 Å². The van der Waals surface area contributed by atoms with Crippen LogP contribution in [-0.2, 0) is 7.05 Å². The second-order valence-electron chi connectivity index (χ2n) is 6.46. The van der Waals surface area contributed by atoms with Gasteiger partial charge in [0.25, 0.3) is 5.91 Å². The largest absolute Gasteiger partial charge is 0.350 e. The third kappa shape index (κ3) is 4.04. The molecule has 0 aliphatic rings. The number of aryl methyl sites for hydroxylation is 2. The molecule has 1 amide bonds. The maximum absolute atomic E-state index is 12.4. The quantitative estimate of drug-likeness (QED) is 0.778. The molecule has 2 heterocycles. The summed E-state index contributed by atoms with van der Waals surface area (Å²) in [7, 11) is 1.91.